The van der Waals surface area contributed by atoms with Crippen LogP contribution in [-0.2, 0) is 30.9 Å². The minimum absolute atomic E-state index is 0.0307. The molecule has 0 saturated carbocycles. The van der Waals surface area contributed by atoms with Gasteiger partial charge in [0.1, 0.15) is 0 Å². The van der Waals surface area contributed by atoms with Gasteiger partial charge in [0.2, 0.25) is 5.91 Å². The first-order valence-electron chi connectivity index (χ1n) is 9.37. The normalized spacial score (nSPS) is 20.7. The van der Waals surface area contributed by atoms with E-state index in [-0.39, 0.29) is 16.6 Å². The lowest BCUT2D eigenvalue weighted by Crippen LogP contribution is -2.44. The van der Waals surface area contributed by atoms with Gasteiger partial charge in [-0.05, 0) is 54.9 Å². The molecule has 0 spiro atoms. The van der Waals surface area contributed by atoms with Crippen LogP contribution in [0.5, 0.6) is 0 Å². The predicted molar refractivity (Wildman–Crippen MR) is 117 cm³/mol. The molecule has 0 aliphatic carbocycles. The highest BCUT2D eigenvalue weighted by Crippen LogP contribution is 2.27. The molecule has 2 aromatic carbocycles. The summed E-state index contributed by atoms with van der Waals surface area (Å²) >= 11 is 5.87. The molecule has 30 heavy (non-hydrogen) atoms. The van der Waals surface area contributed by atoms with Crippen LogP contribution >= 0.6 is 11.6 Å². The molecular formula is C20H23ClN2O5S2. The molecule has 1 amide bonds. The van der Waals surface area contributed by atoms with Gasteiger partial charge in [0.05, 0.1) is 21.7 Å². The third-order valence-corrected chi connectivity index (χ3v) is 9.35. The standard InChI is InChI=1S/C20H23ClN2O5S2/c1-14(24)23-17-6-8-18(9-7-17)30(27,28)20-13-29(25,26)12-19(20)22-11-10-15-2-4-16(21)5-3-15/h2-9,19-20,22H,10-13H2,1H3,(H,23,24)/t19-,20-/m1/s1. The van der Waals surface area contributed by atoms with Gasteiger partial charge in [-0.1, -0.05) is 23.7 Å². The maximum absolute atomic E-state index is 13.1. The lowest BCUT2D eigenvalue weighted by atomic mass is 10.1. The summed E-state index contributed by atoms with van der Waals surface area (Å²) in [6.07, 6.45) is 0.617. The van der Waals surface area contributed by atoms with Gasteiger partial charge in [-0.25, -0.2) is 16.8 Å². The second kappa shape index (κ2) is 9.05. The van der Waals surface area contributed by atoms with Crippen LogP contribution in [0, 0.1) is 0 Å². The Morgan fingerprint density at radius 2 is 1.70 bits per heavy atom. The topological polar surface area (TPSA) is 109 Å². The number of hydrogen-bond acceptors (Lipinski definition) is 6. The van der Waals surface area contributed by atoms with Crippen molar-refractivity contribution in [2.24, 2.45) is 0 Å². The molecule has 1 saturated heterocycles. The number of carbonyl (C=O) groups is 1. The fourth-order valence-corrected chi connectivity index (χ4v) is 8.31. The van der Waals surface area contributed by atoms with Crippen molar-refractivity contribution >= 4 is 42.9 Å². The average Bonchev–Trinajstić information content (AvgIpc) is 2.99. The molecule has 1 heterocycles. The third kappa shape index (κ3) is 5.60. The van der Waals surface area contributed by atoms with Gasteiger partial charge >= 0.3 is 0 Å². The van der Waals surface area contributed by atoms with E-state index in [0.717, 1.165) is 5.56 Å². The largest absolute Gasteiger partial charge is 0.326 e. The van der Waals surface area contributed by atoms with Crippen molar-refractivity contribution in [3.05, 3.63) is 59.1 Å². The first-order valence-corrected chi connectivity index (χ1v) is 13.1. The van der Waals surface area contributed by atoms with Gasteiger partial charge in [-0.15, -0.1) is 0 Å². The van der Waals surface area contributed by atoms with Gasteiger partial charge in [-0.2, -0.15) is 0 Å². The molecule has 10 heteroatoms. The minimum Gasteiger partial charge on any atom is -0.326 e. The number of hydrogen-bond donors (Lipinski definition) is 2. The SMILES string of the molecule is CC(=O)Nc1ccc(S(=O)(=O)[C@@H]2CS(=O)(=O)C[C@H]2NCCc2ccc(Cl)cc2)cc1. The van der Waals surface area contributed by atoms with Crippen LogP contribution in [-0.4, -0.2) is 52.1 Å². The fraction of sp³-hybridized carbons (Fsp3) is 0.350. The second-order valence-corrected chi connectivity index (χ2v) is 12.1. The van der Waals surface area contributed by atoms with E-state index in [2.05, 4.69) is 10.6 Å². The summed E-state index contributed by atoms with van der Waals surface area (Å²) in [5.74, 6) is -0.902. The van der Waals surface area contributed by atoms with Crippen LogP contribution in [0.4, 0.5) is 5.69 Å². The fourth-order valence-electron chi connectivity index (χ4n) is 3.47. The Balaban J connectivity index is 1.73. The Hall–Kier alpha value is -1.94. The van der Waals surface area contributed by atoms with Crippen molar-refractivity contribution in [1.29, 1.82) is 0 Å². The number of carbonyl (C=O) groups excluding carboxylic acids is 1. The monoisotopic (exact) mass is 470 g/mol. The maximum atomic E-state index is 13.1. The molecule has 1 aliphatic heterocycles. The summed E-state index contributed by atoms with van der Waals surface area (Å²) in [5, 5.41) is 5.25. The van der Waals surface area contributed by atoms with Crippen molar-refractivity contribution in [1.82, 2.24) is 5.32 Å². The second-order valence-electron chi connectivity index (χ2n) is 7.30. The summed E-state index contributed by atoms with van der Waals surface area (Å²) < 4.78 is 50.7. The first kappa shape index (κ1) is 22.7. The lowest BCUT2D eigenvalue weighted by molar-refractivity contribution is -0.114. The van der Waals surface area contributed by atoms with Crippen LogP contribution in [0.3, 0.4) is 0 Å². The molecular weight excluding hydrogens is 448 g/mol. The zero-order valence-corrected chi connectivity index (χ0v) is 18.7. The lowest BCUT2D eigenvalue weighted by Gasteiger charge is -2.20. The van der Waals surface area contributed by atoms with Gasteiger partial charge in [0.25, 0.3) is 0 Å². The van der Waals surface area contributed by atoms with Gasteiger partial charge in [0.15, 0.2) is 19.7 Å². The molecule has 0 radical (unpaired) electrons. The Bertz CT molecular complexity index is 1110. The van der Waals surface area contributed by atoms with Crippen molar-refractivity contribution < 1.29 is 21.6 Å². The van der Waals surface area contributed by atoms with Gasteiger partial charge in [0, 0.05) is 23.7 Å². The van der Waals surface area contributed by atoms with E-state index in [1.165, 1.54) is 31.2 Å². The van der Waals surface area contributed by atoms with Crippen molar-refractivity contribution in [3.63, 3.8) is 0 Å². The Morgan fingerprint density at radius 1 is 1.07 bits per heavy atom. The van der Waals surface area contributed by atoms with Gasteiger partial charge < -0.3 is 10.6 Å². The number of nitrogens with one attached hydrogen (secondary N) is 2. The molecule has 2 aromatic rings. The number of sulfone groups is 2. The summed E-state index contributed by atoms with van der Waals surface area (Å²) in [5.41, 5.74) is 1.49. The molecule has 162 valence electrons. The highest BCUT2D eigenvalue weighted by Gasteiger charge is 2.45. The van der Waals surface area contributed by atoms with Gasteiger partial charge in [-0.3, -0.25) is 4.79 Å². The zero-order chi connectivity index (χ0) is 21.9. The molecule has 3 rings (SSSR count). The highest BCUT2D eigenvalue weighted by atomic mass is 35.5. The Labute approximate surface area is 181 Å². The quantitative estimate of drug-likeness (QED) is 0.641. The Morgan fingerprint density at radius 3 is 2.30 bits per heavy atom. The van der Waals surface area contributed by atoms with E-state index in [0.29, 0.717) is 23.7 Å². The molecule has 0 bridgehead atoms. The van der Waals surface area contributed by atoms with Crippen LogP contribution in [0.2, 0.25) is 5.02 Å². The minimum atomic E-state index is -3.88. The van der Waals surface area contributed by atoms with Crippen molar-refractivity contribution in [2.75, 3.05) is 23.4 Å². The van der Waals surface area contributed by atoms with E-state index in [4.69, 9.17) is 11.6 Å². The Kier molecular flexibility index (Phi) is 6.86. The van der Waals surface area contributed by atoms with E-state index in [1.54, 1.807) is 12.1 Å². The van der Waals surface area contributed by atoms with Crippen molar-refractivity contribution in [2.45, 2.75) is 29.5 Å². The maximum Gasteiger partial charge on any atom is 0.221 e. The molecule has 2 N–H and O–H groups in total. The molecule has 7 nitrogen and oxygen atoms in total. The zero-order valence-electron chi connectivity index (χ0n) is 16.3. The van der Waals surface area contributed by atoms with Crippen molar-refractivity contribution in [3.8, 4) is 0 Å². The molecule has 1 aliphatic rings. The van der Waals surface area contributed by atoms with E-state index >= 15 is 0 Å². The summed E-state index contributed by atoms with van der Waals surface area (Å²) in [4.78, 5) is 11.2. The summed E-state index contributed by atoms with van der Waals surface area (Å²) in [6.45, 7) is 1.80. The molecule has 0 unspecified atom stereocenters. The highest BCUT2D eigenvalue weighted by molar-refractivity contribution is 7.96. The summed E-state index contributed by atoms with van der Waals surface area (Å²) in [6, 6.07) is 12.3. The third-order valence-electron chi connectivity index (χ3n) is 4.94. The number of anilines is 1. The molecule has 1 fully saturated rings. The van der Waals surface area contributed by atoms with E-state index in [9.17, 15) is 21.6 Å². The smallest absolute Gasteiger partial charge is 0.221 e. The van der Waals surface area contributed by atoms with E-state index in [1.807, 2.05) is 12.1 Å². The number of halogens is 1. The number of rotatable bonds is 7. The molecule has 2 atom stereocenters. The van der Waals surface area contributed by atoms with Crippen LogP contribution < -0.4 is 10.6 Å². The van der Waals surface area contributed by atoms with E-state index < -0.39 is 36.7 Å². The van der Waals surface area contributed by atoms with Crippen LogP contribution in [0.25, 0.3) is 0 Å². The number of benzene rings is 2. The van der Waals surface area contributed by atoms with Crippen LogP contribution in [0.1, 0.15) is 12.5 Å². The predicted octanol–water partition coefficient (Wildman–Crippen LogP) is 2.07. The first-order chi connectivity index (χ1) is 14.1. The average molecular weight is 471 g/mol. The summed E-state index contributed by atoms with van der Waals surface area (Å²) in [7, 11) is -7.35. The van der Waals surface area contributed by atoms with Crippen LogP contribution in [0.15, 0.2) is 53.4 Å². The molecule has 0 aromatic heterocycles. The number of amides is 1.